The van der Waals surface area contributed by atoms with Gasteiger partial charge in [-0.05, 0) is 62.8 Å². The van der Waals surface area contributed by atoms with E-state index in [9.17, 15) is 34.2 Å². The number of ether oxygens (including phenoxy) is 2. The summed E-state index contributed by atoms with van der Waals surface area (Å²) in [5.74, 6) is -4.93. The predicted octanol–water partition coefficient (Wildman–Crippen LogP) is 0.577. The molecule has 1 aromatic carbocycles. The molecule has 12 heteroatoms. The van der Waals surface area contributed by atoms with Crippen LogP contribution in [0, 0.1) is 28.6 Å². The minimum absolute atomic E-state index is 0. The van der Waals surface area contributed by atoms with Gasteiger partial charge in [-0.25, -0.2) is 4.39 Å². The normalized spacial score (nSPS) is 35.0. The SMILES string of the molecule is CCC(=O)OCC(=O)[C@@]1(OC(=O)CC)[C@@H](C)C[C@H]2[C@@H]3CCC4=CC(=O)C=C[C@]4(C)C3(F)[C@@H](O)C[C@@]21C.O=C([O-])c1ccccc1O.[Na+]. The molecule has 250 valence electrons. The van der Waals surface area contributed by atoms with Crippen molar-refractivity contribution in [3.63, 3.8) is 0 Å². The van der Waals surface area contributed by atoms with Crippen molar-refractivity contribution in [2.75, 3.05) is 6.61 Å². The standard InChI is InChI=1S/C28H37FO7.C7H6O3.Na/c1-6-23(33)35-15-22(32)28(36-24(34)7-2)16(3)12-20-19-9-8-17-13-18(30)10-11-25(17,4)27(19,29)21(31)14-26(20,28)5;8-6-4-2-1-3-5(6)7(9)10;/h10-11,13,16,19-21,31H,6-9,12,14-15H2,1-5H3;1-4,8H,(H,9,10);/q;;+1/p-1/t16-,19-,20-,21-,25-,26-,27?,28-;;/m0../s1. The molecule has 3 fully saturated rings. The van der Waals surface area contributed by atoms with Crippen LogP contribution in [0.1, 0.15) is 83.5 Å². The molecule has 1 aromatic rings. The van der Waals surface area contributed by atoms with Crippen molar-refractivity contribution >= 4 is 29.5 Å². The molecule has 1 unspecified atom stereocenters. The fourth-order valence-corrected chi connectivity index (χ4v) is 8.65. The molecule has 0 heterocycles. The zero-order valence-corrected chi connectivity index (χ0v) is 29.8. The number of carbonyl (C=O) groups is 5. The smallest absolute Gasteiger partial charge is 0.545 e. The number of phenols is 1. The summed E-state index contributed by atoms with van der Waals surface area (Å²) in [6.07, 6.45) is 4.32. The Hall–Kier alpha value is -2.86. The number of benzene rings is 1. The Kier molecular flexibility index (Phi) is 11.8. The topological polar surface area (TPSA) is 167 Å². The first kappa shape index (κ1) is 38.6. The summed E-state index contributed by atoms with van der Waals surface area (Å²) < 4.78 is 28.5. The molecule has 0 saturated heterocycles. The number of fused-ring (bicyclic) bond motifs is 5. The summed E-state index contributed by atoms with van der Waals surface area (Å²) in [5.41, 5.74) is -5.44. The Morgan fingerprint density at radius 1 is 1.06 bits per heavy atom. The number of carboxylic acids is 1. The third-order valence-electron chi connectivity index (χ3n) is 10.9. The van der Waals surface area contributed by atoms with Crippen molar-refractivity contribution in [1.82, 2.24) is 0 Å². The summed E-state index contributed by atoms with van der Waals surface area (Å²) in [4.78, 5) is 60.5. The molecule has 4 aliphatic rings. The van der Waals surface area contributed by atoms with Crippen LogP contribution in [0.15, 0.2) is 48.1 Å². The molecule has 8 atom stereocenters. The molecule has 5 rings (SSSR count). The molecule has 0 amide bonds. The summed E-state index contributed by atoms with van der Waals surface area (Å²) >= 11 is 0. The number of hydrogen-bond donors (Lipinski definition) is 2. The van der Waals surface area contributed by atoms with Gasteiger partial charge < -0.3 is 29.6 Å². The number of aliphatic hydroxyl groups excluding tert-OH is 1. The molecule has 3 saturated carbocycles. The number of rotatable bonds is 7. The van der Waals surface area contributed by atoms with Crippen LogP contribution in [0.3, 0.4) is 0 Å². The summed E-state index contributed by atoms with van der Waals surface area (Å²) in [6.45, 7) is 8.05. The summed E-state index contributed by atoms with van der Waals surface area (Å²) in [5, 5.41) is 30.5. The van der Waals surface area contributed by atoms with Crippen molar-refractivity contribution in [1.29, 1.82) is 0 Å². The van der Waals surface area contributed by atoms with Gasteiger partial charge in [-0.2, -0.15) is 0 Å². The molecule has 4 aliphatic carbocycles. The summed E-state index contributed by atoms with van der Waals surface area (Å²) in [6, 6.07) is 5.64. The number of ketones is 2. The van der Waals surface area contributed by atoms with E-state index < -0.39 is 70.3 Å². The Morgan fingerprint density at radius 2 is 1.70 bits per heavy atom. The number of aromatic carboxylic acids is 1. The van der Waals surface area contributed by atoms with Gasteiger partial charge in [0.15, 0.2) is 23.7 Å². The van der Waals surface area contributed by atoms with Gasteiger partial charge in [-0.1, -0.05) is 51.5 Å². The quantitative estimate of drug-likeness (QED) is 0.311. The predicted molar refractivity (Wildman–Crippen MR) is 161 cm³/mol. The second-order valence-electron chi connectivity index (χ2n) is 13.2. The van der Waals surface area contributed by atoms with E-state index in [1.165, 1.54) is 30.4 Å². The number of hydrogen-bond acceptors (Lipinski definition) is 10. The Balaban J connectivity index is 0.000000467. The van der Waals surface area contributed by atoms with Gasteiger partial charge >= 0.3 is 41.5 Å². The number of carbonyl (C=O) groups excluding carboxylic acids is 5. The van der Waals surface area contributed by atoms with Crippen LogP contribution in [-0.2, 0) is 28.7 Å². The van der Waals surface area contributed by atoms with Crippen LogP contribution in [0.5, 0.6) is 5.75 Å². The van der Waals surface area contributed by atoms with Crippen LogP contribution in [0.4, 0.5) is 4.39 Å². The van der Waals surface area contributed by atoms with Gasteiger partial charge in [0.1, 0.15) is 5.75 Å². The number of para-hydroxylation sites is 1. The van der Waals surface area contributed by atoms with Crippen LogP contribution in [0.25, 0.3) is 0 Å². The first-order valence-electron chi connectivity index (χ1n) is 15.7. The van der Waals surface area contributed by atoms with Crippen LogP contribution in [0.2, 0.25) is 0 Å². The first-order valence-corrected chi connectivity index (χ1v) is 15.7. The van der Waals surface area contributed by atoms with Crippen molar-refractivity contribution < 1.29 is 82.7 Å². The molecule has 0 spiro atoms. The average Bonchev–Trinajstić information content (AvgIpc) is 3.23. The second kappa shape index (κ2) is 14.3. The van der Waals surface area contributed by atoms with Crippen molar-refractivity contribution in [3.8, 4) is 5.75 Å². The number of aliphatic hydroxyl groups is 1. The first-order chi connectivity index (χ1) is 21.5. The Labute approximate surface area is 296 Å². The van der Waals surface area contributed by atoms with E-state index >= 15 is 4.39 Å². The van der Waals surface area contributed by atoms with Crippen LogP contribution >= 0.6 is 0 Å². The zero-order chi connectivity index (χ0) is 34.2. The van der Waals surface area contributed by atoms with Crippen molar-refractivity contribution in [2.45, 2.75) is 90.5 Å². The van der Waals surface area contributed by atoms with E-state index in [1.54, 1.807) is 39.8 Å². The monoisotopic (exact) mass is 664 g/mol. The maximum atomic E-state index is 17.4. The molecule has 0 aliphatic heterocycles. The van der Waals surface area contributed by atoms with Crippen molar-refractivity contribution in [3.05, 3.63) is 53.6 Å². The number of alkyl halides is 1. The minimum atomic E-state index is -2.05. The number of Topliss-reactive ketones (excluding diaryl/α,β-unsaturated/α-hetero) is 1. The maximum absolute atomic E-state index is 17.4. The van der Waals surface area contributed by atoms with Gasteiger partial charge in [0.25, 0.3) is 0 Å². The molecule has 47 heavy (non-hydrogen) atoms. The third-order valence-corrected chi connectivity index (χ3v) is 10.9. The maximum Gasteiger partial charge on any atom is 1.00 e. The Bertz CT molecular complexity index is 1490. The number of aromatic hydroxyl groups is 1. The molecule has 2 N–H and O–H groups in total. The van der Waals surface area contributed by atoms with Gasteiger partial charge in [0.05, 0.1) is 12.1 Å². The zero-order valence-electron chi connectivity index (χ0n) is 27.8. The van der Waals surface area contributed by atoms with Gasteiger partial charge in [0, 0.05) is 41.1 Å². The van der Waals surface area contributed by atoms with E-state index in [2.05, 4.69) is 0 Å². The van der Waals surface area contributed by atoms with Crippen LogP contribution < -0.4 is 34.7 Å². The molecule has 0 radical (unpaired) electrons. The largest absolute Gasteiger partial charge is 1.00 e. The second-order valence-corrected chi connectivity index (χ2v) is 13.2. The van der Waals surface area contributed by atoms with E-state index in [4.69, 9.17) is 14.6 Å². The molecule has 0 bridgehead atoms. The van der Waals surface area contributed by atoms with Gasteiger partial charge in [-0.15, -0.1) is 0 Å². The van der Waals surface area contributed by atoms with E-state index in [0.717, 1.165) is 0 Å². The fourth-order valence-electron chi connectivity index (χ4n) is 8.65. The molecular formula is C35H42FNaO10. The van der Waals surface area contributed by atoms with E-state index in [0.29, 0.717) is 24.8 Å². The van der Waals surface area contributed by atoms with Gasteiger partial charge in [-0.3, -0.25) is 19.2 Å². The van der Waals surface area contributed by atoms with E-state index in [1.807, 2.05) is 6.92 Å². The van der Waals surface area contributed by atoms with E-state index in [-0.39, 0.29) is 71.8 Å². The van der Waals surface area contributed by atoms with Crippen molar-refractivity contribution in [2.24, 2.45) is 28.6 Å². The summed E-state index contributed by atoms with van der Waals surface area (Å²) in [7, 11) is 0. The molecule has 0 aromatic heterocycles. The number of carboxylic acid groups (broad SMARTS) is 1. The third kappa shape index (κ3) is 6.24. The average molecular weight is 665 g/mol. The Morgan fingerprint density at radius 3 is 2.28 bits per heavy atom. The minimum Gasteiger partial charge on any atom is -0.545 e. The molecular weight excluding hydrogens is 622 g/mol. The number of halogens is 1. The number of esters is 2. The molecule has 10 nitrogen and oxygen atoms in total. The van der Waals surface area contributed by atoms with Gasteiger partial charge in [0.2, 0.25) is 5.78 Å². The number of allylic oxidation sites excluding steroid dienone is 4. The fraction of sp³-hybridized carbons (Fsp3) is 0.571. The van der Waals surface area contributed by atoms with Crippen LogP contribution in [-0.4, -0.2) is 63.7 Å².